The van der Waals surface area contributed by atoms with Crippen LogP contribution in [0.5, 0.6) is 5.75 Å². The molecule has 1 saturated heterocycles. The summed E-state index contributed by atoms with van der Waals surface area (Å²) in [7, 11) is 1.70. The molecule has 4 amide bonds. The fraction of sp³-hybridized carbons (Fsp3) is 0.519. The number of benzene rings is 2. The lowest BCUT2D eigenvalue weighted by Gasteiger charge is -2.43. The molecule has 2 aromatic carbocycles. The summed E-state index contributed by atoms with van der Waals surface area (Å²) in [4.78, 5) is 66.1. The standard InChI is InChI=1S/C52H65Cl2N11O6S/c1-29-31(3)72-51-45(29)47(33-10-12-34(53)13-11-33)59-40(48-61-60-32(4)65(48)51)24-43(66)57-19-22-70-23-20-58-49(68)35-8-6-7-9-36(35)50(69)64-21-16-37-38(54)14-15-42(71-27-39(55)30(2)62(5)56)46(37)41(64)26-63-28-52(17-18-52)25-44(63)67/h10-15,35-36,40-41H,6-9,16-28,55-56H2,1-5H3,(H,57,66)(H,58,68)/b39-30-/t35?,36?,40-,41?/m0/s1. The van der Waals surface area contributed by atoms with Crippen LogP contribution in [0.4, 0.5) is 0 Å². The number of nitrogens with one attached hydrogen (secondary N) is 2. The minimum Gasteiger partial charge on any atom is -0.487 e. The molecule has 9 rings (SSSR count). The second kappa shape index (κ2) is 21.5. The Morgan fingerprint density at radius 1 is 0.986 bits per heavy atom. The quantitative estimate of drug-likeness (QED) is 0.0515. The zero-order chi connectivity index (χ0) is 51.0. The third-order valence-corrected chi connectivity index (χ3v) is 17.1. The molecule has 0 radical (unpaired) electrons. The molecule has 72 heavy (non-hydrogen) atoms. The van der Waals surface area contributed by atoms with Crippen LogP contribution in [0.3, 0.4) is 0 Å². The number of amides is 4. The zero-order valence-corrected chi connectivity index (χ0v) is 44.0. The van der Waals surface area contributed by atoms with E-state index in [9.17, 15) is 14.4 Å². The summed E-state index contributed by atoms with van der Waals surface area (Å²) < 4.78 is 14.3. The predicted molar refractivity (Wildman–Crippen MR) is 277 cm³/mol. The van der Waals surface area contributed by atoms with E-state index < -0.39 is 23.9 Å². The molecule has 0 bridgehead atoms. The number of likely N-dealkylation sites (tertiary alicyclic amines) is 1. The first kappa shape index (κ1) is 51.4. The number of aliphatic imine (C=N–C) groups is 1. The molecule has 2 aromatic heterocycles. The van der Waals surface area contributed by atoms with E-state index in [1.54, 1.807) is 30.5 Å². The Morgan fingerprint density at radius 2 is 1.71 bits per heavy atom. The molecule has 2 aliphatic carbocycles. The highest BCUT2D eigenvalue weighted by Crippen LogP contribution is 2.54. The van der Waals surface area contributed by atoms with E-state index in [2.05, 4.69) is 34.7 Å². The van der Waals surface area contributed by atoms with E-state index in [1.165, 1.54) is 5.01 Å². The van der Waals surface area contributed by atoms with Crippen LogP contribution in [-0.4, -0.2) is 119 Å². The number of hydrogen-bond donors (Lipinski definition) is 4. The number of ether oxygens (including phenoxy) is 2. The lowest BCUT2D eigenvalue weighted by molar-refractivity contribution is -0.147. The molecular weight excluding hydrogens is 978 g/mol. The van der Waals surface area contributed by atoms with Crippen molar-refractivity contribution in [1.29, 1.82) is 0 Å². The van der Waals surface area contributed by atoms with Crippen molar-refractivity contribution in [2.24, 2.45) is 33.8 Å². The van der Waals surface area contributed by atoms with E-state index in [0.717, 1.165) is 69.1 Å². The van der Waals surface area contributed by atoms with Crippen molar-refractivity contribution in [2.75, 3.05) is 59.6 Å². The fourth-order valence-corrected chi connectivity index (χ4v) is 12.4. The van der Waals surface area contributed by atoms with Crippen LogP contribution in [0.15, 0.2) is 52.8 Å². The molecular formula is C52H65Cl2N11O6S. The van der Waals surface area contributed by atoms with Crippen LogP contribution in [0.2, 0.25) is 10.0 Å². The number of nitrogens with two attached hydrogens (primary N) is 2. The number of nitrogens with zero attached hydrogens (tertiary/aromatic N) is 7. The van der Waals surface area contributed by atoms with Gasteiger partial charge < -0.3 is 40.6 Å². The van der Waals surface area contributed by atoms with Gasteiger partial charge in [0.1, 0.15) is 29.2 Å². The van der Waals surface area contributed by atoms with E-state index >= 15 is 4.79 Å². The number of aryl methyl sites for hydroxylation is 2. The maximum absolute atomic E-state index is 15.0. The topological polar surface area (TPSA) is 216 Å². The maximum Gasteiger partial charge on any atom is 0.227 e. The average Bonchev–Trinajstić information content (AvgIpc) is 3.81. The van der Waals surface area contributed by atoms with Crippen molar-refractivity contribution in [3.8, 4) is 10.8 Å². The Morgan fingerprint density at radius 3 is 2.42 bits per heavy atom. The van der Waals surface area contributed by atoms with Crippen molar-refractivity contribution in [3.05, 3.63) is 102 Å². The highest BCUT2D eigenvalue weighted by molar-refractivity contribution is 7.15. The summed E-state index contributed by atoms with van der Waals surface area (Å²) in [6.07, 6.45) is 5.89. The summed E-state index contributed by atoms with van der Waals surface area (Å²) in [6, 6.07) is 10.0. The number of hydrogen-bond acceptors (Lipinski definition) is 13. The van der Waals surface area contributed by atoms with Crippen molar-refractivity contribution < 1.29 is 28.7 Å². The highest BCUT2D eigenvalue weighted by Gasteiger charge is 2.53. The number of allylic oxidation sites excluding steroid dienone is 1. The van der Waals surface area contributed by atoms with Gasteiger partial charge in [-0.1, -0.05) is 48.2 Å². The molecule has 5 aliphatic rings. The van der Waals surface area contributed by atoms with Crippen molar-refractivity contribution in [1.82, 2.24) is 40.2 Å². The molecule has 1 spiro atoms. The van der Waals surface area contributed by atoms with Crippen molar-refractivity contribution in [2.45, 2.75) is 97.6 Å². The molecule has 3 aliphatic heterocycles. The number of fused-ring (bicyclic) bond motifs is 4. The van der Waals surface area contributed by atoms with Crippen LogP contribution in [0.25, 0.3) is 5.00 Å². The fourth-order valence-electron chi connectivity index (χ4n) is 10.8. The van der Waals surface area contributed by atoms with Gasteiger partial charge in [0.15, 0.2) is 5.82 Å². The lowest BCUT2D eigenvalue weighted by atomic mass is 9.77. The van der Waals surface area contributed by atoms with Gasteiger partial charge in [0, 0.05) is 95.3 Å². The first-order chi connectivity index (χ1) is 34.5. The molecule has 20 heteroatoms. The Balaban J connectivity index is 0.816. The first-order valence-corrected chi connectivity index (χ1v) is 26.6. The minimum atomic E-state index is -0.602. The Bertz CT molecular complexity index is 2800. The van der Waals surface area contributed by atoms with Crippen LogP contribution in [0.1, 0.15) is 115 Å². The van der Waals surface area contributed by atoms with E-state index in [-0.39, 0.29) is 68.4 Å². The molecule has 384 valence electrons. The molecule has 3 unspecified atom stereocenters. The van der Waals surface area contributed by atoms with Gasteiger partial charge in [-0.15, -0.1) is 21.5 Å². The third-order valence-electron chi connectivity index (χ3n) is 15.3. The van der Waals surface area contributed by atoms with Gasteiger partial charge in [0.2, 0.25) is 23.6 Å². The summed E-state index contributed by atoms with van der Waals surface area (Å²) in [5.41, 5.74) is 12.9. The van der Waals surface area contributed by atoms with E-state index in [4.69, 9.17) is 49.2 Å². The number of carbonyl (C=O) groups is 4. The summed E-state index contributed by atoms with van der Waals surface area (Å²) in [6.45, 7) is 10.2. The van der Waals surface area contributed by atoms with E-state index in [1.807, 2.05) is 52.5 Å². The summed E-state index contributed by atoms with van der Waals surface area (Å²) in [5, 5.41) is 18.5. The molecule has 5 heterocycles. The normalized spacial score (nSPS) is 21.3. The molecule has 2 saturated carbocycles. The van der Waals surface area contributed by atoms with Gasteiger partial charge in [0.05, 0.1) is 37.1 Å². The molecule has 3 fully saturated rings. The molecule has 4 atom stereocenters. The van der Waals surface area contributed by atoms with E-state index in [0.29, 0.717) is 84.2 Å². The van der Waals surface area contributed by atoms with Gasteiger partial charge in [0.25, 0.3) is 0 Å². The zero-order valence-electron chi connectivity index (χ0n) is 41.7. The molecule has 6 N–H and O–H groups in total. The number of hydrazine groups is 1. The molecule has 4 aromatic rings. The third kappa shape index (κ3) is 10.6. The van der Waals surface area contributed by atoms with Crippen molar-refractivity contribution >= 4 is 63.9 Å². The first-order valence-electron chi connectivity index (χ1n) is 25.0. The second-order valence-corrected chi connectivity index (χ2v) is 22.1. The summed E-state index contributed by atoms with van der Waals surface area (Å²) >= 11 is 14.8. The SMILES string of the molecule is C/C(=C(/N)COc1ccc(Cl)c2c1C(CN1CC3(CC3)CC1=O)N(C(=O)C1CCCCC1C(=O)NCCOCCNC(=O)C[C@@H]1N=C(c3ccc(Cl)cc3)c3c(sc(C)c3C)-n3c(C)nnc31)CC2)N(C)N. The molecule has 17 nitrogen and oxygen atoms in total. The van der Waals surface area contributed by atoms with Gasteiger partial charge in [-0.2, -0.15) is 0 Å². The Labute approximate surface area is 434 Å². The number of thiophene rings is 1. The minimum absolute atomic E-state index is 0.0261. The van der Waals surface area contributed by atoms with Gasteiger partial charge in [-0.3, -0.25) is 28.7 Å². The maximum atomic E-state index is 15.0. The number of halogens is 2. The second-order valence-electron chi connectivity index (χ2n) is 20.1. The average molecular weight is 1040 g/mol. The van der Waals surface area contributed by atoms with Crippen LogP contribution >= 0.6 is 34.5 Å². The Hall–Kier alpha value is -5.53. The summed E-state index contributed by atoms with van der Waals surface area (Å²) in [5.74, 6) is 6.30. The van der Waals surface area contributed by atoms with Crippen LogP contribution < -0.4 is 26.9 Å². The number of rotatable bonds is 17. The van der Waals surface area contributed by atoms with Crippen molar-refractivity contribution in [3.63, 3.8) is 0 Å². The van der Waals surface area contributed by atoms with Gasteiger partial charge >= 0.3 is 0 Å². The van der Waals surface area contributed by atoms with Crippen LogP contribution in [-0.2, 0) is 30.3 Å². The number of aromatic nitrogens is 3. The predicted octanol–water partition coefficient (Wildman–Crippen LogP) is 6.41. The largest absolute Gasteiger partial charge is 0.487 e. The van der Waals surface area contributed by atoms with Crippen LogP contribution in [0, 0.1) is 38.0 Å². The Kier molecular flexibility index (Phi) is 15.3. The number of carbonyl (C=O) groups excluding carboxylic acids is 4. The van der Waals surface area contributed by atoms with Gasteiger partial charge in [-0.25, -0.2) is 5.84 Å². The highest BCUT2D eigenvalue weighted by atomic mass is 35.5. The monoisotopic (exact) mass is 1040 g/mol. The smallest absolute Gasteiger partial charge is 0.227 e. The van der Waals surface area contributed by atoms with Gasteiger partial charge in [-0.05, 0) is 101 Å². The lowest BCUT2D eigenvalue weighted by Crippen LogP contribution is -2.51.